The number of hydrazone groups is 1. The molecule has 0 aliphatic rings. The van der Waals surface area contributed by atoms with E-state index in [0.29, 0.717) is 28.4 Å². The van der Waals surface area contributed by atoms with E-state index in [1.54, 1.807) is 31.4 Å². The Labute approximate surface area is 169 Å². The highest BCUT2D eigenvalue weighted by Crippen LogP contribution is 2.38. The van der Waals surface area contributed by atoms with E-state index in [1.165, 1.54) is 20.4 Å². The summed E-state index contributed by atoms with van der Waals surface area (Å²) in [7, 11) is 4.60. The molecule has 1 N–H and O–H groups in total. The van der Waals surface area contributed by atoms with Gasteiger partial charge in [0.2, 0.25) is 5.75 Å². The van der Waals surface area contributed by atoms with E-state index >= 15 is 0 Å². The maximum Gasteiger partial charge on any atom is 0.271 e. The fourth-order valence-electron chi connectivity index (χ4n) is 3.24. The summed E-state index contributed by atoms with van der Waals surface area (Å²) in [5, 5.41) is 4.05. The molecule has 0 atom stereocenters. The van der Waals surface area contributed by atoms with E-state index in [0.717, 1.165) is 23.4 Å². The van der Waals surface area contributed by atoms with Crippen molar-refractivity contribution < 1.29 is 19.0 Å². The number of hydrogen-bond donors (Lipinski definition) is 1. The second kappa shape index (κ2) is 8.64. The van der Waals surface area contributed by atoms with Crippen LogP contribution >= 0.6 is 0 Å². The summed E-state index contributed by atoms with van der Waals surface area (Å²) in [4.78, 5) is 17.0. The van der Waals surface area contributed by atoms with E-state index < -0.39 is 0 Å². The lowest BCUT2D eigenvalue weighted by molar-refractivity contribution is 0.0955. The Morgan fingerprint density at radius 3 is 2.55 bits per heavy atom. The number of carbonyl (C=O) groups is 1. The molecule has 0 saturated carbocycles. The van der Waals surface area contributed by atoms with Gasteiger partial charge in [0.15, 0.2) is 11.5 Å². The lowest BCUT2D eigenvalue weighted by atomic mass is 10.2. The molecule has 1 amide bonds. The number of imidazole rings is 1. The van der Waals surface area contributed by atoms with Crippen LogP contribution in [0.3, 0.4) is 0 Å². The highest BCUT2D eigenvalue weighted by atomic mass is 16.5. The number of aromatic nitrogens is 2. The number of rotatable bonds is 7. The fraction of sp³-hybridized carbons (Fsp3) is 0.286. The molecule has 0 saturated heterocycles. The van der Waals surface area contributed by atoms with Gasteiger partial charge >= 0.3 is 0 Å². The number of amides is 1. The van der Waals surface area contributed by atoms with Gasteiger partial charge in [-0.1, -0.05) is 0 Å². The van der Waals surface area contributed by atoms with Gasteiger partial charge in [0, 0.05) is 17.7 Å². The summed E-state index contributed by atoms with van der Waals surface area (Å²) in [6, 6.07) is 8.93. The van der Waals surface area contributed by atoms with E-state index in [2.05, 4.69) is 27.0 Å². The SMILES string of the molecule is CCn1c(C)nc2cc(C(=O)NN=Cc3ccc(OC)c(OC)c3OC)ccc21. The summed E-state index contributed by atoms with van der Waals surface area (Å²) in [6.07, 6.45) is 1.49. The van der Waals surface area contributed by atoms with Gasteiger partial charge < -0.3 is 18.8 Å². The predicted octanol–water partition coefficient (Wildman–Crippen LogP) is 3.15. The van der Waals surface area contributed by atoms with Crippen LogP contribution in [-0.4, -0.2) is 43.0 Å². The average Bonchev–Trinajstić information content (AvgIpc) is 3.06. The van der Waals surface area contributed by atoms with Gasteiger partial charge in [0.1, 0.15) is 5.82 Å². The minimum atomic E-state index is -0.328. The first-order valence-corrected chi connectivity index (χ1v) is 9.13. The van der Waals surface area contributed by atoms with Crippen molar-refractivity contribution in [1.82, 2.24) is 15.0 Å². The Morgan fingerprint density at radius 1 is 1.14 bits per heavy atom. The van der Waals surface area contributed by atoms with Crippen LogP contribution in [-0.2, 0) is 6.54 Å². The molecule has 3 aromatic rings. The number of aryl methyl sites for hydroxylation is 2. The molecule has 0 bridgehead atoms. The molecule has 152 valence electrons. The molecule has 0 radical (unpaired) electrons. The van der Waals surface area contributed by atoms with Gasteiger partial charge in [-0.3, -0.25) is 4.79 Å². The summed E-state index contributed by atoms with van der Waals surface area (Å²) >= 11 is 0. The maximum absolute atomic E-state index is 12.5. The number of fused-ring (bicyclic) bond motifs is 1. The first-order chi connectivity index (χ1) is 14.0. The van der Waals surface area contributed by atoms with E-state index in [1.807, 2.05) is 13.0 Å². The average molecular weight is 396 g/mol. The van der Waals surface area contributed by atoms with Crippen LogP contribution in [0.2, 0.25) is 0 Å². The zero-order valence-electron chi connectivity index (χ0n) is 17.1. The summed E-state index contributed by atoms with van der Waals surface area (Å²) in [5.74, 6) is 2.05. The van der Waals surface area contributed by atoms with Crippen LogP contribution in [0.25, 0.3) is 11.0 Å². The van der Waals surface area contributed by atoms with Gasteiger partial charge in [-0.15, -0.1) is 0 Å². The van der Waals surface area contributed by atoms with Gasteiger partial charge in [-0.05, 0) is 44.2 Å². The number of benzene rings is 2. The number of ether oxygens (including phenoxy) is 3. The topological polar surface area (TPSA) is 87.0 Å². The van der Waals surface area contributed by atoms with Gasteiger partial charge in [-0.25, -0.2) is 10.4 Å². The molecule has 8 heteroatoms. The van der Waals surface area contributed by atoms with Crippen molar-refractivity contribution in [3.8, 4) is 17.2 Å². The Morgan fingerprint density at radius 2 is 1.90 bits per heavy atom. The van der Waals surface area contributed by atoms with Crippen molar-refractivity contribution in [1.29, 1.82) is 0 Å². The van der Waals surface area contributed by atoms with Crippen LogP contribution in [0, 0.1) is 6.92 Å². The second-order valence-electron chi connectivity index (χ2n) is 6.23. The van der Waals surface area contributed by atoms with Crippen molar-refractivity contribution in [2.24, 2.45) is 5.10 Å². The van der Waals surface area contributed by atoms with Gasteiger partial charge in [0.05, 0.1) is 38.6 Å². The van der Waals surface area contributed by atoms with Crippen molar-refractivity contribution in [2.75, 3.05) is 21.3 Å². The van der Waals surface area contributed by atoms with Crippen LogP contribution in [0.1, 0.15) is 28.7 Å². The number of methoxy groups -OCH3 is 3. The molecule has 8 nitrogen and oxygen atoms in total. The van der Waals surface area contributed by atoms with Crippen molar-refractivity contribution in [2.45, 2.75) is 20.4 Å². The first-order valence-electron chi connectivity index (χ1n) is 9.13. The van der Waals surface area contributed by atoms with Crippen molar-refractivity contribution in [3.05, 3.63) is 47.3 Å². The summed E-state index contributed by atoms with van der Waals surface area (Å²) < 4.78 is 18.1. The van der Waals surface area contributed by atoms with E-state index in [4.69, 9.17) is 14.2 Å². The molecule has 29 heavy (non-hydrogen) atoms. The molecule has 1 aromatic heterocycles. The molecular formula is C21H24N4O4. The largest absolute Gasteiger partial charge is 0.493 e. The minimum absolute atomic E-state index is 0.328. The number of nitrogens with zero attached hydrogens (tertiary/aromatic N) is 3. The standard InChI is InChI=1S/C21H24N4O4/c1-6-25-13(2)23-16-11-14(7-9-17(16)25)21(26)24-22-12-15-8-10-18(27-3)20(29-5)19(15)28-4/h7-12H,6H2,1-5H3,(H,24,26). The Bertz CT molecular complexity index is 1070. The smallest absolute Gasteiger partial charge is 0.271 e. The van der Waals surface area contributed by atoms with Gasteiger partial charge in [-0.2, -0.15) is 5.10 Å². The molecule has 3 rings (SSSR count). The van der Waals surface area contributed by atoms with Crippen molar-refractivity contribution >= 4 is 23.2 Å². The number of nitrogens with one attached hydrogen (secondary N) is 1. The molecule has 0 aliphatic carbocycles. The van der Waals surface area contributed by atoms with Crippen LogP contribution < -0.4 is 19.6 Å². The quantitative estimate of drug-likeness (QED) is 0.490. The highest BCUT2D eigenvalue weighted by Gasteiger charge is 2.15. The maximum atomic E-state index is 12.5. The van der Waals surface area contributed by atoms with E-state index in [-0.39, 0.29) is 5.91 Å². The number of hydrogen-bond acceptors (Lipinski definition) is 6. The highest BCUT2D eigenvalue weighted by molar-refractivity contribution is 5.98. The molecule has 0 unspecified atom stereocenters. The lowest BCUT2D eigenvalue weighted by Gasteiger charge is -2.13. The summed E-state index contributed by atoms with van der Waals surface area (Å²) in [5.41, 5.74) is 5.43. The molecule has 0 spiro atoms. The first kappa shape index (κ1) is 20.2. The summed E-state index contributed by atoms with van der Waals surface area (Å²) in [6.45, 7) is 4.83. The third-order valence-electron chi connectivity index (χ3n) is 4.62. The van der Waals surface area contributed by atoms with Gasteiger partial charge in [0.25, 0.3) is 5.91 Å². The number of carbonyl (C=O) groups excluding carboxylic acids is 1. The predicted molar refractivity (Wildman–Crippen MR) is 111 cm³/mol. The Hall–Kier alpha value is -3.55. The van der Waals surface area contributed by atoms with Crippen LogP contribution in [0.4, 0.5) is 0 Å². The molecule has 2 aromatic carbocycles. The monoisotopic (exact) mass is 396 g/mol. The molecule has 0 aliphatic heterocycles. The second-order valence-corrected chi connectivity index (χ2v) is 6.23. The normalized spacial score (nSPS) is 11.1. The zero-order valence-corrected chi connectivity index (χ0v) is 17.1. The Kier molecular flexibility index (Phi) is 6.01. The molecule has 1 heterocycles. The fourth-order valence-corrected chi connectivity index (χ4v) is 3.24. The van der Waals surface area contributed by atoms with Crippen LogP contribution in [0.15, 0.2) is 35.4 Å². The van der Waals surface area contributed by atoms with Crippen molar-refractivity contribution in [3.63, 3.8) is 0 Å². The molecular weight excluding hydrogens is 372 g/mol. The minimum Gasteiger partial charge on any atom is -0.493 e. The van der Waals surface area contributed by atoms with E-state index in [9.17, 15) is 4.79 Å². The zero-order chi connectivity index (χ0) is 21.0. The lowest BCUT2D eigenvalue weighted by Crippen LogP contribution is -2.17. The third-order valence-corrected chi connectivity index (χ3v) is 4.62. The van der Waals surface area contributed by atoms with Crippen LogP contribution in [0.5, 0.6) is 17.2 Å². The Balaban J connectivity index is 1.80. The third kappa shape index (κ3) is 3.87. The molecule has 0 fully saturated rings.